The number of ether oxygens (including phenoxy) is 2. The minimum atomic E-state index is 0.478. The summed E-state index contributed by atoms with van der Waals surface area (Å²) in [5, 5.41) is 3.53. The van der Waals surface area contributed by atoms with E-state index in [-0.39, 0.29) is 0 Å². The van der Waals surface area contributed by atoms with Gasteiger partial charge in [0.05, 0.1) is 0 Å². The van der Waals surface area contributed by atoms with Gasteiger partial charge in [0.25, 0.3) is 0 Å². The normalized spacial score (nSPS) is 28.1. The van der Waals surface area contributed by atoms with Crippen LogP contribution in [0.15, 0.2) is 18.2 Å². The van der Waals surface area contributed by atoms with Crippen LogP contribution in [-0.2, 0) is 0 Å². The van der Waals surface area contributed by atoms with E-state index < -0.39 is 0 Å². The summed E-state index contributed by atoms with van der Waals surface area (Å²) in [6.45, 7) is 4.71. The molecule has 3 nitrogen and oxygen atoms in total. The smallest absolute Gasteiger partial charge is 0.161 e. The molecule has 16 heavy (non-hydrogen) atoms. The van der Waals surface area contributed by atoms with Crippen LogP contribution < -0.4 is 14.8 Å². The van der Waals surface area contributed by atoms with Crippen LogP contribution in [0.4, 0.5) is 0 Å². The van der Waals surface area contributed by atoms with Gasteiger partial charge in [0.1, 0.15) is 13.2 Å². The van der Waals surface area contributed by atoms with Gasteiger partial charge < -0.3 is 14.8 Å². The molecule has 1 fully saturated rings. The van der Waals surface area contributed by atoms with E-state index in [1.807, 2.05) is 6.07 Å². The van der Waals surface area contributed by atoms with Crippen LogP contribution in [0.1, 0.15) is 24.9 Å². The Hall–Kier alpha value is -1.22. The number of hydrogen-bond acceptors (Lipinski definition) is 3. The number of rotatable bonds is 1. The largest absolute Gasteiger partial charge is 0.486 e. The van der Waals surface area contributed by atoms with Crippen LogP contribution in [0.25, 0.3) is 0 Å². The van der Waals surface area contributed by atoms with E-state index in [9.17, 15) is 0 Å². The molecule has 1 saturated heterocycles. The van der Waals surface area contributed by atoms with Crippen molar-refractivity contribution in [3.63, 3.8) is 0 Å². The molecule has 3 heteroatoms. The molecule has 0 radical (unpaired) electrons. The predicted molar refractivity (Wildman–Crippen MR) is 62.0 cm³/mol. The SMILES string of the molecule is C[C@H]1CN[C@@H](c2ccc3c(c2)OCCO3)C1. The van der Waals surface area contributed by atoms with Gasteiger partial charge in [0.15, 0.2) is 11.5 Å². The molecule has 0 saturated carbocycles. The molecule has 86 valence electrons. The Morgan fingerprint density at radius 1 is 1.19 bits per heavy atom. The van der Waals surface area contributed by atoms with Crippen LogP contribution in [0.5, 0.6) is 11.5 Å². The van der Waals surface area contributed by atoms with Crippen LogP contribution in [0, 0.1) is 5.92 Å². The maximum absolute atomic E-state index is 5.60. The summed E-state index contributed by atoms with van der Waals surface area (Å²) in [6, 6.07) is 6.76. The molecule has 0 amide bonds. The van der Waals surface area contributed by atoms with Crippen molar-refractivity contribution >= 4 is 0 Å². The lowest BCUT2D eigenvalue weighted by atomic mass is 10.0. The van der Waals surface area contributed by atoms with Crippen LogP contribution in [-0.4, -0.2) is 19.8 Å². The van der Waals surface area contributed by atoms with Crippen molar-refractivity contribution in [2.45, 2.75) is 19.4 Å². The van der Waals surface area contributed by atoms with E-state index in [1.165, 1.54) is 12.0 Å². The van der Waals surface area contributed by atoms with E-state index in [0.29, 0.717) is 19.3 Å². The Balaban J connectivity index is 1.85. The molecule has 2 aliphatic heterocycles. The lowest BCUT2D eigenvalue weighted by Crippen LogP contribution is -2.17. The molecule has 0 aromatic heterocycles. The van der Waals surface area contributed by atoms with Crippen molar-refractivity contribution in [1.82, 2.24) is 5.32 Å². The fraction of sp³-hybridized carbons (Fsp3) is 0.538. The van der Waals surface area contributed by atoms with Gasteiger partial charge in [0.2, 0.25) is 0 Å². The third kappa shape index (κ3) is 1.76. The summed E-state index contributed by atoms with van der Waals surface area (Å²) in [7, 11) is 0. The molecule has 2 atom stereocenters. The summed E-state index contributed by atoms with van der Waals surface area (Å²) in [5.41, 5.74) is 1.31. The molecule has 2 aliphatic rings. The van der Waals surface area contributed by atoms with Gasteiger partial charge in [-0.1, -0.05) is 13.0 Å². The summed E-state index contributed by atoms with van der Waals surface area (Å²) in [6.07, 6.45) is 1.21. The monoisotopic (exact) mass is 219 g/mol. The first kappa shape index (κ1) is 9.97. The number of nitrogens with one attached hydrogen (secondary N) is 1. The second-order valence-corrected chi connectivity index (χ2v) is 4.70. The van der Waals surface area contributed by atoms with Gasteiger partial charge in [-0.05, 0) is 36.6 Å². The second-order valence-electron chi connectivity index (χ2n) is 4.70. The molecule has 0 spiro atoms. The second kappa shape index (κ2) is 3.98. The molecule has 0 unspecified atom stereocenters. The van der Waals surface area contributed by atoms with E-state index in [2.05, 4.69) is 24.4 Å². The number of fused-ring (bicyclic) bond motifs is 1. The fourth-order valence-corrected chi connectivity index (χ4v) is 2.44. The average molecular weight is 219 g/mol. The summed E-state index contributed by atoms with van der Waals surface area (Å²) in [4.78, 5) is 0. The zero-order chi connectivity index (χ0) is 11.0. The first-order chi connectivity index (χ1) is 7.83. The van der Waals surface area contributed by atoms with Crippen LogP contribution >= 0.6 is 0 Å². The molecule has 1 aromatic rings. The van der Waals surface area contributed by atoms with Gasteiger partial charge in [-0.3, -0.25) is 0 Å². The van der Waals surface area contributed by atoms with Crippen LogP contribution in [0.3, 0.4) is 0 Å². The lowest BCUT2D eigenvalue weighted by Gasteiger charge is -2.20. The van der Waals surface area contributed by atoms with Gasteiger partial charge in [-0.15, -0.1) is 0 Å². The summed E-state index contributed by atoms with van der Waals surface area (Å²) in [5.74, 6) is 2.53. The summed E-state index contributed by atoms with van der Waals surface area (Å²) >= 11 is 0. The highest BCUT2D eigenvalue weighted by Crippen LogP contribution is 2.35. The average Bonchev–Trinajstić information content (AvgIpc) is 2.75. The zero-order valence-electron chi connectivity index (χ0n) is 9.53. The molecule has 1 N–H and O–H groups in total. The summed E-state index contributed by atoms with van der Waals surface area (Å²) < 4.78 is 11.1. The molecular formula is C13H17NO2. The molecular weight excluding hydrogens is 202 g/mol. The van der Waals surface area contributed by atoms with E-state index >= 15 is 0 Å². The first-order valence-corrected chi connectivity index (χ1v) is 5.96. The molecule has 0 bridgehead atoms. The van der Waals surface area contributed by atoms with Crippen molar-refractivity contribution in [3.8, 4) is 11.5 Å². The predicted octanol–water partition coefficient (Wildman–Crippen LogP) is 2.13. The van der Waals surface area contributed by atoms with Crippen molar-refractivity contribution < 1.29 is 9.47 Å². The number of hydrogen-bond donors (Lipinski definition) is 1. The van der Waals surface area contributed by atoms with Gasteiger partial charge >= 0.3 is 0 Å². The standard InChI is InChI=1S/C13H17NO2/c1-9-6-11(14-8-9)10-2-3-12-13(7-10)16-5-4-15-12/h2-3,7,9,11,14H,4-6,8H2,1H3/t9-,11-/m1/s1. The topological polar surface area (TPSA) is 30.5 Å². The van der Waals surface area contributed by atoms with Crippen molar-refractivity contribution in [3.05, 3.63) is 23.8 Å². The highest BCUT2D eigenvalue weighted by molar-refractivity contribution is 5.44. The Morgan fingerprint density at radius 2 is 2.00 bits per heavy atom. The van der Waals surface area contributed by atoms with Gasteiger partial charge in [0, 0.05) is 6.04 Å². The Labute approximate surface area is 95.8 Å². The third-order valence-electron chi connectivity index (χ3n) is 3.32. The zero-order valence-corrected chi connectivity index (χ0v) is 9.53. The number of benzene rings is 1. The van der Waals surface area contributed by atoms with E-state index in [1.54, 1.807) is 0 Å². The van der Waals surface area contributed by atoms with Crippen molar-refractivity contribution in [1.29, 1.82) is 0 Å². The van der Waals surface area contributed by atoms with E-state index in [4.69, 9.17) is 9.47 Å². The first-order valence-electron chi connectivity index (χ1n) is 5.96. The molecule has 1 aromatic carbocycles. The Kier molecular flexibility index (Phi) is 2.48. The Bertz CT molecular complexity index is 392. The Morgan fingerprint density at radius 3 is 2.75 bits per heavy atom. The highest BCUT2D eigenvalue weighted by Gasteiger charge is 2.23. The fourth-order valence-electron chi connectivity index (χ4n) is 2.44. The van der Waals surface area contributed by atoms with Crippen molar-refractivity contribution in [2.75, 3.05) is 19.8 Å². The van der Waals surface area contributed by atoms with Gasteiger partial charge in [-0.25, -0.2) is 0 Å². The lowest BCUT2D eigenvalue weighted by molar-refractivity contribution is 0.171. The molecule has 0 aliphatic carbocycles. The third-order valence-corrected chi connectivity index (χ3v) is 3.32. The maximum atomic E-state index is 5.60. The van der Waals surface area contributed by atoms with Crippen LogP contribution in [0.2, 0.25) is 0 Å². The van der Waals surface area contributed by atoms with E-state index in [0.717, 1.165) is 24.0 Å². The molecule has 3 rings (SSSR count). The van der Waals surface area contributed by atoms with Gasteiger partial charge in [-0.2, -0.15) is 0 Å². The highest BCUT2D eigenvalue weighted by atomic mass is 16.6. The maximum Gasteiger partial charge on any atom is 0.161 e. The minimum absolute atomic E-state index is 0.478. The minimum Gasteiger partial charge on any atom is -0.486 e. The molecule has 2 heterocycles. The van der Waals surface area contributed by atoms with Crippen molar-refractivity contribution in [2.24, 2.45) is 5.92 Å². The quantitative estimate of drug-likeness (QED) is 0.785.